The Labute approximate surface area is 108 Å². The number of aromatic nitrogens is 2. The van der Waals surface area contributed by atoms with Gasteiger partial charge >= 0.3 is 0 Å². The Bertz CT molecular complexity index is 518. The molecule has 1 aromatic heterocycles. The van der Waals surface area contributed by atoms with Crippen LogP contribution in [0.5, 0.6) is 0 Å². The maximum Gasteiger partial charge on any atom is 0.210 e. The molecule has 0 saturated carbocycles. The molecular weight excluding hydrogens is 252 g/mol. The van der Waals surface area contributed by atoms with Crippen LogP contribution in [0.3, 0.4) is 0 Å². The molecule has 1 N–H and O–H groups in total. The zero-order valence-corrected chi connectivity index (χ0v) is 10.8. The highest BCUT2D eigenvalue weighted by Crippen LogP contribution is 2.29. The molecule has 17 heavy (non-hydrogen) atoms. The lowest BCUT2D eigenvalue weighted by atomic mass is 10.3. The zero-order valence-electron chi connectivity index (χ0n) is 9.12. The summed E-state index contributed by atoms with van der Waals surface area (Å²) in [5.74, 6) is 0. The van der Waals surface area contributed by atoms with Gasteiger partial charge in [0.2, 0.25) is 5.13 Å². The van der Waals surface area contributed by atoms with Crippen molar-refractivity contribution in [1.29, 1.82) is 5.26 Å². The van der Waals surface area contributed by atoms with Crippen LogP contribution in [0.25, 0.3) is 0 Å². The molecule has 0 spiro atoms. The molecule has 6 heteroatoms. The molecule has 0 fully saturated rings. The highest BCUT2D eigenvalue weighted by Gasteiger charge is 2.08. The first-order chi connectivity index (χ1) is 8.28. The molecule has 0 unspecified atom stereocenters. The standard InChI is InChI=1S/C11H10N4S2/c1-8(7-12)16-11-15-14-10(17-11)13-9-5-3-2-4-6-9/h2-6,8H,1H3,(H,13,14)/t8-/m0/s1. The molecule has 2 aromatic rings. The maximum atomic E-state index is 8.71. The van der Waals surface area contributed by atoms with Crippen molar-refractivity contribution in [3.63, 3.8) is 0 Å². The van der Waals surface area contributed by atoms with Gasteiger partial charge in [-0.15, -0.1) is 10.2 Å². The van der Waals surface area contributed by atoms with Crippen molar-refractivity contribution >= 4 is 33.9 Å². The Morgan fingerprint density at radius 1 is 1.35 bits per heavy atom. The Morgan fingerprint density at radius 2 is 2.12 bits per heavy atom. The van der Waals surface area contributed by atoms with Crippen molar-refractivity contribution in [2.24, 2.45) is 0 Å². The van der Waals surface area contributed by atoms with Crippen LogP contribution in [-0.2, 0) is 0 Å². The van der Waals surface area contributed by atoms with Crippen molar-refractivity contribution in [1.82, 2.24) is 10.2 Å². The Balaban J connectivity index is 2.02. The number of nitrogens with zero attached hydrogens (tertiary/aromatic N) is 3. The van der Waals surface area contributed by atoms with Crippen LogP contribution in [0.15, 0.2) is 34.7 Å². The van der Waals surface area contributed by atoms with Crippen molar-refractivity contribution in [2.45, 2.75) is 16.5 Å². The van der Waals surface area contributed by atoms with E-state index in [2.05, 4.69) is 21.6 Å². The minimum atomic E-state index is -0.104. The average Bonchev–Trinajstić information content (AvgIpc) is 2.77. The molecule has 1 heterocycles. The molecule has 0 amide bonds. The third-order valence-corrected chi connectivity index (χ3v) is 3.81. The summed E-state index contributed by atoms with van der Waals surface area (Å²) in [6.45, 7) is 1.84. The molecule has 2 rings (SSSR count). The Hall–Kier alpha value is -1.58. The van der Waals surface area contributed by atoms with E-state index in [0.717, 1.165) is 15.2 Å². The molecule has 86 valence electrons. The lowest BCUT2D eigenvalue weighted by molar-refractivity contribution is 1.01. The highest BCUT2D eigenvalue weighted by molar-refractivity contribution is 8.01. The largest absolute Gasteiger partial charge is 0.330 e. The fourth-order valence-electron chi connectivity index (χ4n) is 1.13. The van der Waals surface area contributed by atoms with E-state index in [0.29, 0.717) is 0 Å². The predicted octanol–water partition coefficient (Wildman–Crippen LogP) is 3.29. The van der Waals surface area contributed by atoms with E-state index in [9.17, 15) is 0 Å². The van der Waals surface area contributed by atoms with Gasteiger partial charge in [-0.05, 0) is 19.1 Å². The monoisotopic (exact) mass is 262 g/mol. The number of anilines is 2. The molecule has 0 aliphatic rings. The van der Waals surface area contributed by atoms with Crippen LogP contribution in [-0.4, -0.2) is 15.4 Å². The molecule has 0 aliphatic carbocycles. The average molecular weight is 262 g/mol. The fourth-order valence-corrected chi connectivity index (χ4v) is 2.93. The van der Waals surface area contributed by atoms with Crippen LogP contribution >= 0.6 is 23.1 Å². The van der Waals surface area contributed by atoms with Crippen LogP contribution < -0.4 is 5.32 Å². The molecule has 0 bridgehead atoms. The summed E-state index contributed by atoms with van der Waals surface area (Å²) in [7, 11) is 0. The number of para-hydroxylation sites is 1. The summed E-state index contributed by atoms with van der Waals surface area (Å²) in [4.78, 5) is 0. The number of hydrogen-bond donors (Lipinski definition) is 1. The third-order valence-electron chi connectivity index (χ3n) is 1.89. The zero-order chi connectivity index (χ0) is 12.1. The van der Waals surface area contributed by atoms with Gasteiger partial charge in [0.15, 0.2) is 4.34 Å². The van der Waals surface area contributed by atoms with Gasteiger partial charge < -0.3 is 5.32 Å². The second-order valence-electron chi connectivity index (χ2n) is 3.25. The molecule has 1 aromatic carbocycles. The summed E-state index contributed by atoms with van der Waals surface area (Å²) in [5, 5.41) is 20.6. The van der Waals surface area contributed by atoms with Gasteiger partial charge in [0.05, 0.1) is 11.3 Å². The summed E-state index contributed by atoms with van der Waals surface area (Å²) in [5.41, 5.74) is 0.980. The second-order valence-corrected chi connectivity index (χ2v) is 5.82. The van der Waals surface area contributed by atoms with Gasteiger partial charge in [-0.25, -0.2) is 0 Å². The van der Waals surface area contributed by atoms with E-state index in [1.165, 1.54) is 23.1 Å². The molecular formula is C11H10N4S2. The summed E-state index contributed by atoms with van der Waals surface area (Å²) in [6, 6.07) is 12.0. The quantitative estimate of drug-likeness (QED) is 0.857. The maximum absolute atomic E-state index is 8.71. The molecule has 0 saturated heterocycles. The fraction of sp³-hybridized carbons (Fsp3) is 0.182. The smallest absolute Gasteiger partial charge is 0.210 e. The van der Waals surface area contributed by atoms with Gasteiger partial charge in [0.1, 0.15) is 0 Å². The normalized spacial score (nSPS) is 11.8. The van der Waals surface area contributed by atoms with Crippen molar-refractivity contribution in [2.75, 3.05) is 5.32 Å². The SMILES string of the molecule is C[C@@H](C#N)Sc1nnc(Nc2ccccc2)s1. The van der Waals surface area contributed by atoms with Crippen molar-refractivity contribution in [3.05, 3.63) is 30.3 Å². The van der Waals surface area contributed by atoms with E-state index in [1.807, 2.05) is 37.3 Å². The second kappa shape index (κ2) is 5.66. The van der Waals surface area contributed by atoms with E-state index in [1.54, 1.807) is 0 Å². The van der Waals surface area contributed by atoms with Crippen LogP contribution in [0.4, 0.5) is 10.8 Å². The molecule has 0 radical (unpaired) electrons. The number of hydrogen-bond acceptors (Lipinski definition) is 6. The first-order valence-corrected chi connectivity index (χ1v) is 6.69. The minimum absolute atomic E-state index is 0.104. The molecule has 4 nitrogen and oxygen atoms in total. The van der Waals surface area contributed by atoms with E-state index in [-0.39, 0.29) is 5.25 Å². The Morgan fingerprint density at radius 3 is 2.82 bits per heavy atom. The van der Waals surface area contributed by atoms with Crippen molar-refractivity contribution < 1.29 is 0 Å². The summed E-state index contributed by atoms with van der Waals surface area (Å²) >= 11 is 2.87. The number of thioether (sulfide) groups is 1. The number of nitrogens with one attached hydrogen (secondary N) is 1. The van der Waals surface area contributed by atoms with Gasteiger partial charge in [0.25, 0.3) is 0 Å². The van der Waals surface area contributed by atoms with E-state index >= 15 is 0 Å². The third kappa shape index (κ3) is 3.44. The molecule has 1 atom stereocenters. The van der Waals surface area contributed by atoms with E-state index < -0.39 is 0 Å². The highest BCUT2D eigenvalue weighted by atomic mass is 32.2. The van der Waals surface area contributed by atoms with Crippen LogP contribution in [0.1, 0.15) is 6.92 Å². The number of benzene rings is 1. The van der Waals surface area contributed by atoms with Gasteiger partial charge in [0, 0.05) is 5.69 Å². The van der Waals surface area contributed by atoms with Crippen molar-refractivity contribution in [3.8, 4) is 6.07 Å². The van der Waals surface area contributed by atoms with Gasteiger partial charge in [-0.1, -0.05) is 41.3 Å². The summed E-state index contributed by atoms with van der Waals surface area (Å²) in [6.07, 6.45) is 0. The Kier molecular flexibility index (Phi) is 3.96. The molecule has 0 aliphatic heterocycles. The van der Waals surface area contributed by atoms with Gasteiger partial charge in [-0.2, -0.15) is 5.26 Å². The lowest BCUT2D eigenvalue weighted by Crippen LogP contribution is -1.88. The first kappa shape index (κ1) is 11.9. The number of nitriles is 1. The first-order valence-electron chi connectivity index (χ1n) is 5.00. The van der Waals surface area contributed by atoms with Gasteiger partial charge in [-0.3, -0.25) is 0 Å². The van der Waals surface area contributed by atoms with Crippen LogP contribution in [0, 0.1) is 11.3 Å². The minimum Gasteiger partial charge on any atom is -0.330 e. The number of rotatable bonds is 4. The van der Waals surface area contributed by atoms with E-state index in [4.69, 9.17) is 5.26 Å². The van der Waals surface area contributed by atoms with Crippen LogP contribution in [0.2, 0.25) is 0 Å². The predicted molar refractivity (Wildman–Crippen MR) is 70.6 cm³/mol. The topological polar surface area (TPSA) is 61.6 Å². The summed E-state index contributed by atoms with van der Waals surface area (Å²) < 4.78 is 0.803. The lowest BCUT2D eigenvalue weighted by Gasteiger charge is -1.99.